The molecule has 2 saturated heterocycles. The van der Waals surface area contributed by atoms with Crippen molar-refractivity contribution in [2.75, 3.05) is 59.6 Å². The molecule has 8 heteroatoms. The smallest absolute Gasteiger partial charge is 0.251 e. The van der Waals surface area contributed by atoms with Gasteiger partial charge in [0.05, 0.1) is 13.2 Å². The third-order valence-electron chi connectivity index (χ3n) is 3.91. The van der Waals surface area contributed by atoms with Gasteiger partial charge in [0, 0.05) is 46.4 Å². The maximum Gasteiger partial charge on any atom is 0.251 e. The Morgan fingerprint density at radius 3 is 2.50 bits per heavy atom. The number of nitrogens with one attached hydrogen (secondary N) is 1. The predicted octanol–water partition coefficient (Wildman–Crippen LogP) is -0.506. The highest BCUT2D eigenvalue weighted by Crippen LogP contribution is 2.15. The molecule has 0 aliphatic carbocycles. The van der Waals surface area contributed by atoms with E-state index >= 15 is 0 Å². The molecule has 7 nitrogen and oxygen atoms in total. The summed E-state index contributed by atoms with van der Waals surface area (Å²) in [6.07, 6.45) is 1.52. The number of amides is 2. The van der Waals surface area contributed by atoms with Crippen LogP contribution in [0.25, 0.3) is 0 Å². The normalized spacial score (nSPS) is 21.6. The van der Waals surface area contributed by atoms with Gasteiger partial charge in [-0.25, -0.2) is 0 Å². The molecule has 0 saturated carbocycles. The summed E-state index contributed by atoms with van der Waals surface area (Å²) in [6, 6.07) is 0. The van der Waals surface area contributed by atoms with Crippen molar-refractivity contribution in [2.45, 2.75) is 18.9 Å². The molecule has 2 aliphatic heterocycles. The van der Waals surface area contributed by atoms with Crippen LogP contribution in [0, 0.1) is 0 Å². The molecule has 2 heterocycles. The highest BCUT2D eigenvalue weighted by Gasteiger charge is 2.31. The van der Waals surface area contributed by atoms with Crippen molar-refractivity contribution in [1.29, 1.82) is 0 Å². The Morgan fingerprint density at radius 1 is 1.23 bits per heavy atom. The first kappa shape index (κ1) is 19.2. The third kappa shape index (κ3) is 5.39. The van der Waals surface area contributed by atoms with E-state index < -0.39 is 0 Å². The summed E-state index contributed by atoms with van der Waals surface area (Å²) in [7, 11) is 1.63. The van der Waals surface area contributed by atoms with Crippen LogP contribution in [0.5, 0.6) is 0 Å². The zero-order chi connectivity index (χ0) is 15.1. The van der Waals surface area contributed by atoms with Gasteiger partial charge in [0.2, 0.25) is 5.91 Å². The average molecular weight is 336 g/mol. The molecule has 128 valence electrons. The average Bonchev–Trinajstić information content (AvgIpc) is 3.05. The van der Waals surface area contributed by atoms with E-state index in [9.17, 15) is 9.59 Å². The van der Waals surface area contributed by atoms with Gasteiger partial charge >= 0.3 is 0 Å². The summed E-state index contributed by atoms with van der Waals surface area (Å²) in [4.78, 5) is 27.8. The molecule has 1 N–H and O–H groups in total. The summed E-state index contributed by atoms with van der Waals surface area (Å²) in [5.41, 5.74) is 0. The van der Waals surface area contributed by atoms with Crippen LogP contribution in [-0.2, 0) is 19.1 Å². The number of methoxy groups -OCH3 is 1. The summed E-state index contributed by atoms with van der Waals surface area (Å²) < 4.78 is 10.3. The second-order valence-corrected chi connectivity index (χ2v) is 5.38. The first-order valence-electron chi connectivity index (χ1n) is 7.60. The van der Waals surface area contributed by atoms with Crippen molar-refractivity contribution < 1.29 is 19.1 Å². The number of hydrogen-bond acceptors (Lipinski definition) is 5. The standard InChI is InChI=1S/C14H25N3O4.ClH/c1-20-10-4-15-11-13(18)16-5-7-17(8-6-16)14(19)12-3-2-9-21-12;/h12,15H,2-11H2,1H3;1H. The summed E-state index contributed by atoms with van der Waals surface area (Å²) in [5.74, 6) is 0.160. The fourth-order valence-corrected chi connectivity index (χ4v) is 2.63. The van der Waals surface area contributed by atoms with Gasteiger partial charge in [-0.15, -0.1) is 12.4 Å². The molecule has 0 radical (unpaired) electrons. The minimum absolute atomic E-state index is 0. The van der Waals surface area contributed by atoms with Gasteiger partial charge in [-0.05, 0) is 12.8 Å². The number of ether oxygens (including phenoxy) is 2. The van der Waals surface area contributed by atoms with E-state index in [-0.39, 0.29) is 30.3 Å². The van der Waals surface area contributed by atoms with Gasteiger partial charge < -0.3 is 24.6 Å². The Hall–Kier alpha value is -0.890. The summed E-state index contributed by atoms with van der Waals surface area (Å²) in [6.45, 7) is 4.67. The molecular formula is C14H26ClN3O4. The van der Waals surface area contributed by atoms with Crippen LogP contribution in [0.4, 0.5) is 0 Å². The molecule has 22 heavy (non-hydrogen) atoms. The topological polar surface area (TPSA) is 71.1 Å². The second kappa shape index (κ2) is 9.99. The quantitative estimate of drug-likeness (QED) is 0.662. The lowest BCUT2D eigenvalue weighted by Gasteiger charge is -2.35. The Morgan fingerprint density at radius 2 is 1.91 bits per heavy atom. The minimum Gasteiger partial charge on any atom is -0.383 e. The molecule has 0 aromatic carbocycles. The van der Waals surface area contributed by atoms with Crippen molar-refractivity contribution in [1.82, 2.24) is 15.1 Å². The maximum atomic E-state index is 12.2. The van der Waals surface area contributed by atoms with Crippen LogP contribution in [0.3, 0.4) is 0 Å². The van der Waals surface area contributed by atoms with Crippen molar-refractivity contribution in [3.8, 4) is 0 Å². The van der Waals surface area contributed by atoms with Gasteiger partial charge in [0.25, 0.3) is 5.91 Å². The number of nitrogens with zero attached hydrogens (tertiary/aromatic N) is 2. The van der Waals surface area contributed by atoms with E-state index in [1.54, 1.807) is 12.0 Å². The van der Waals surface area contributed by atoms with Gasteiger partial charge in [-0.1, -0.05) is 0 Å². The van der Waals surface area contributed by atoms with Gasteiger partial charge in [-0.3, -0.25) is 9.59 Å². The number of rotatable bonds is 6. The van der Waals surface area contributed by atoms with E-state index in [4.69, 9.17) is 9.47 Å². The highest BCUT2D eigenvalue weighted by atomic mass is 35.5. The summed E-state index contributed by atoms with van der Waals surface area (Å²) in [5, 5.41) is 3.05. The van der Waals surface area contributed by atoms with E-state index in [0.717, 1.165) is 12.8 Å². The lowest BCUT2D eigenvalue weighted by atomic mass is 10.2. The van der Waals surface area contributed by atoms with Gasteiger partial charge in [0.15, 0.2) is 0 Å². The third-order valence-corrected chi connectivity index (χ3v) is 3.91. The van der Waals surface area contributed by atoms with Crippen LogP contribution >= 0.6 is 12.4 Å². The Balaban J connectivity index is 0.00000242. The monoisotopic (exact) mass is 335 g/mol. The number of carbonyl (C=O) groups is 2. The first-order chi connectivity index (χ1) is 10.2. The molecular weight excluding hydrogens is 310 g/mol. The lowest BCUT2D eigenvalue weighted by Crippen LogP contribution is -2.54. The molecule has 0 bridgehead atoms. The molecule has 1 unspecified atom stereocenters. The second-order valence-electron chi connectivity index (χ2n) is 5.38. The largest absolute Gasteiger partial charge is 0.383 e. The van der Waals surface area contributed by atoms with Crippen LogP contribution < -0.4 is 5.32 Å². The maximum absolute atomic E-state index is 12.2. The number of hydrogen-bond donors (Lipinski definition) is 1. The minimum atomic E-state index is -0.261. The SMILES string of the molecule is COCCNCC(=O)N1CCN(C(=O)C2CCCO2)CC1.Cl. The number of carbonyl (C=O) groups excluding carboxylic acids is 2. The Bertz CT molecular complexity index is 356. The molecule has 2 aliphatic rings. The van der Waals surface area contributed by atoms with E-state index in [2.05, 4.69) is 5.32 Å². The molecule has 0 aromatic heterocycles. The molecule has 2 fully saturated rings. The van der Waals surface area contributed by atoms with Crippen molar-refractivity contribution in [2.24, 2.45) is 0 Å². The molecule has 2 rings (SSSR count). The molecule has 0 aromatic rings. The number of piperazine rings is 1. The van der Waals surface area contributed by atoms with Crippen LogP contribution in [0.1, 0.15) is 12.8 Å². The lowest BCUT2D eigenvalue weighted by molar-refractivity contribution is -0.145. The highest BCUT2D eigenvalue weighted by molar-refractivity contribution is 5.85. The fraction of sp³-hybridized carbons (Fsp3) is 0.857. The Labute approximate surface area is 137 Å². The molecule has 0 spiro atoms. The predicted molar refractivity (Wildman–Crippen MR) is 84.1 cm³/mol. The summed E-state index contributed by atoms with van der Waals surface area (Å²) >= 11 is 0. The first-order valence-corrected chi connectivity index (χ1v) is 7.60. The van der Waals surface area contributed by atoms with Crippen molar-refractivity contribution >= 4 is 24.2 Å². The van der Waals surface area contributed by atoms with Crippen LogP contribution in [0.2, 0.25) is 0 Å². The zero-order valence-electron chi connectivity index (χ0n) is 13.1. The van der Waals surface area contributed by atoms with E-state index in [0.29, 0.717) is 52.5 Å². The van der Waals surface area contributed by atoms with Gasteiger partial charge in [-0.2, -0.15) is 0 Å². The van der Waals surface area contributed by atoms with Gasteiger partial charge in [0.1, 0.15) is 6.10 Å². The Kier molecular flexibility index (Phi) is 8.70. The van der Waals surface area contributed by atoms with Crippen molar-refractivity contribution in [3.05, 3.63) is 0 Å². The molecule has 1 atom stereocenters. The van der Waals surface area contributed by atoms with Crippen LogP contribution in [0.15, 0.2) is 0 Å². The fourth-order valence-electron chi connectivity index (χ4n) is 2.63. The van der Waals surface area contributed by atoms with E-state index in [1.807, 2.05) is 4.90 Å². The van der Waals surface area contributed by atoms with Crippen LogP contribution in [-0.4, -0.2) is 87.3 Å². The van der Waals surface area contributed by atoms with E-state index in [1.165, 1.54) is 0 Å². The zero-order valence-corrected chi connectivity index (χ0v) is 13.9. The van der Waals surface area contributed by atoms with Crippen molar-refractivity contribution in [3.63, 3.8) is 0 Å². The number of halogens is 1. The molecule has 2 amide bonds.